The van der Waals surface area contributed by atoms with Gasteiger partial charge in [0.2, 0.25) is 0 Å². The molecule has 5 heteroatoms. The van der Waals surface area contributed by atoms with Crippen LogP contribution >= 0.6 is 0 Å². The van der Waals surface area contributed by atoms with E-state index < -0.39 is 14.6 Å². The van der Waals surface area contributed by atoms with Crippen LogP contribution in [0.25, 0.3) is 44.3 Å². The second-order valence-electron chi connectivity index (χ2n) is 8.58. The van der Waals surface area contributed by atoms with Crippen molar-refractivity contribution in [1.82, 2.24) is 4.98 Å². The van der Waals surface area contributed by atoms with Crippen molar-refractivity contribution in [3.8, 4) is 22.5 Å². The summed E-state index contributed by atoms with van der Waals surface area (Å²) in [6, 6.07) is 25.7. The minimum atomic E-state index is -3.34. The SMILES string of the molecule is CC(C)(c1cc(-c2ccccc2-c2cc3ccccc3o2)c2ncccc2c1)S(C)(=O)=O. The van der Waals surface area contributed by atoms with Crippen molar-refractivity contribution >= 4 is 31.7 Å². The van der Waals surface area contributed by atoms with Crippen LogP contribution in [0.4, 0.5) is 0 Å². The second-order valence-corrected chi connectivity index (χ2v) is 11.1. The summed E-state index contributed by atoms with van der Waals surface area (Å²) in [6.45, 7) is 3.49. The van der Waals surface area contributed by atoms with Crippen LogP contribution in [0.1, 0.15) is 19.4 Å². The number of nitrogens with zero attached hydrogens (tertiary/aromatic N) is 1. The Kier molecular flexibility index (Phi) is 4.68. The third-order valence-corrected chi connectivity index (χ3v) is 8.32. The standard InChI is InChI=1S/C27H23NO3S/c1-27(2,32(3,29)30)20-15-19-10-8-14-28-26(19)23(17-20)21-11-5-6-12-22(21)25-16-18-9-4-7-13-24(18)31-25/h4-17H,1-3H3. The molecule has 0 aliphatic carbocycles. The van der Waals surface area contributed by atoms with Crippen molar-refractivity contribution in [2.75, 3.05) is 6.26 Å². The zero-order valence-corrected chi connectivity index (χ0v) is 19.0. The average molecular weight is 442 g/mol. The van der Waals surface area contributed by atoms with Gasteiger partial charge in [-0.25, -0.2) is 8.42 Å². The number of pyridine rings is 1. The molecule has 0 saturated heterocycles. The van der Waals surface area contributed by atoms with E-state index in [0.717, 1.165) is 49.9 Å². The van der Waals surface area contributed by atoms with Gasteiger partial charge in [0.15, 0.2) is 9.84 Å². The number of furan rings is 1. The molecule has 5 rings (SSSR count). The Morgan fingerprint density at radius 3 is 2.22 bits per heavy atom. The summed E-state index contributed by atoms with van der Waals surface area (Å²) in [7, 11) is -3.34. The molecule has 5 aromatic rings. The van der Waals surface area contributed by atoms with Gasteiger partial charge in [0.05, 0.1) is 10.3 Å². The minimum Gasteiger partial charge on any atom is -0.456 e. The lowest BCUT2D eigenvalue weighted by molar-refractivity contribution is 0.561. The number of hydrogen-bond donors (Lipinski definition) is 0. The van der Waals surface area contributed by atoms with Crippen molar-refractivity contribution < 1.29 is 12.8 Å². The Labute approximate surface area is 187 Å². The van der Waals surface area contributed by atoms with Gasteiger partial charge in [-0.15, -0.1) is 0 Å². The van der Waals surface area contributed by atoms with Crippen molar-refractivity contribution in [2.24, 2.45) is 0 Å². The average Bonchev–Trinajstić information content (AvgIpc) is 3.22. The van der Waals surface area contributed by atoms with E-state index in [0.29, 0.717) is 0 Å². The monoisotopic (exact) mass is 441 g/mol. The fourth-order valence-electron chi connectivity index (χ4n) is 4.01. The van der Waals surface area contributed by atoms with Crippen LogP contribution in [0.2, 0.25) is 0 Å². The summed E-state index contributed by atoms with van der Waals surface area (Å²) >= 11 is 0. The minimum absolute atomic E-state index is 0.731. The molecule has 3 aromatic carbocycles. The number of hydrogen-bond acceptors (Lipinski definition) is 4. The van der Waals surface area contributed by atoms with E-state index in [2.05, 4.69) is 4.98 Å². The summed E-state index contributed by atoms with van der Waals surface area (Å²) in [4.78, 5) is 4.64. The molecule has 0 radical (unpaired) electrons. The summed E-state index contributed by atoms with van der Waals surface area (Å²) in [5, 5.41) is 1.93. The quantitative estimate of drug-likeness (QED) is 0.315. The highest BCUT2D eigenvalue weighted by Crippen LogP contribution is 2.40. The van der Waals surface area contributed by atoms with Gasteiger partial charge >= 0.3 is 0 Å². The molecule has 4 nitrogen and oxygen atoms in total. The molecule has 0 aliphatic rings. The molecule has 32 heavy (non-hydrogen) atoms. The molecule has 0 unspecified atom stereocenters. The van der Waals surface area contributed by atoms with Crippen molar-refractivity contribution in [2.45, 2.75) is 18.6 Å². The number of rotatable bonds is 4. The fraction of sp³-hybridized carbons (Fsp3) is 0.148. The van der Waals surface area contributed by atoms with Gasteiger partial charge in [-0.05, 0) is 55.3 Å². The normalized spacial score (nSPS) is 12.5. The topological polar surface area (TPSA) is 60.2 Å². The maximum absolute atomic E-state index is 12.6. The molecule has 0 amide bonds. The van der Waals surface area contributed by atoms with Gasteiger partial charge in [0.1, 0.15) is 11.3 Å². The van der Waals surface area contributed by atoms with E-state index in [4.69, 9.17) is 4.42 Å². The van der Waals surface area contributed by atoms with Gasteiger partial charge < -0.3 is 4.42 Å². The zero-order chi connectivity index (χ0) is 22.5. The molecule has 0 fully saturated rings. The lowest BCUT2D eigenvalue weighted by Crippen LogP contribution is -2.28. The first-order valence-electron chi connectivity index (χ1n) is 10.4. The summed E-state index contributed by atoms with van der Waals surface area (Å²) in [6.07, 6.45) is 3.04. The first kappa shape index (κ1) is 20.5. The molecule has 2 heterocycles. The third kappa shape index (κ3) is 3.30. The maximum atomic E-state index is 12.6. The lowest BCUT2D eigenvalue weighted by Gasteiger charge is -2.25. The van der Waals surface area contributed by atoms with E-state index in [-0.39, 0.29) is 0 Å². The molecule has 0 N–H and O–H groups in total. The number of sulfone groups is 1. The molecule has 0 aliphatic heterocycles. The van der Waals surface area contributed by atoms with Crippen LogP contribution in [0.15, 0.2) is 89.5 Å². The number of para-hydroxylation sites is 1. The number of fused-ring (bicyclic) bond motifs is 2. The van der Waals surface area contributed by atoms with Crippen LogP contribution in [-0.2, 0) is 14.6 Å². The number of benzene rings is 3. The Bertz CT molecular complexity index is 1550. The Morgan fingerprint density at radius 1 is 0.781 bits per heavy atom. The summed E-state index contributed by atoms with van der Waals surface area (Å²) in [5.41, 5.74) is 5.14. The molecule has 0 saturated carbocycles. The van der Waals surface area contributed by atoms with Crippen molar-refractivity contribution in [1.29, 1.82) is 0 Å². The van der Waals surface area contributed by atoms with Gasteiger partial charge in [0.25, 0.3) is 0 Å². The fourth-order valence-corrected chi connectivity index (χ4v) is 4.55. The Hall–Kier alpha value is -3.44. The molecular formula is C27H23NO3S. The van der Waals surface area contributed by atoms with Crippen molar-refractivity contribution in [3.63, 3.8) is 0 Å². The summed E-state index contributed by atoms with van der Waals surface area (Å²) < 4.78 is 30.3. The zero-order valence-electron chi connectivity index (χ0n) is 18.2. The molecule has 0 spiro atoms. The molecule has 0 atom stereocenters. The van der Waals surface area contributed by atoms with E-state index in [1.165, 1.54) is 6.26 Å². The van der Waals surface area contributed by atoms with Crippen molar-refractivity contribution in [3.05, 3.63) is 90.6 Å². The maximum Gasteiger partial charge on any atom is 0.156 e. The van der Waals surface area contributed by atoms with E-state index in [1.54, 1.807) is 20.0 Å². The molecule has 2 aromatic heterocycles. The highest BCUT2D eigenvalue weighted by Gasteiger charge is 2.33. The van der Waals surface area contributed by atoms with E-state index >= 15 is 0 Å². The smallest absolute Gasteiger partial charge is 0.156 e. The predicted molar refractivity (Wildman–Crippen MR) is 130 cm³/mol. The van der Waals surface area contributed by atoms with Gasteiger partial charge in [-0.1, -0.05) is 48.5 Å². The highest BCUT2D eigenvalue weighted by atomic mass is 32.2. The molecule has 0 bridgehead atoms. The Morgan fingerprint density at radius 2 is 1.47 bits per heavy atom. The summed E-state index contributed by atoms with van der Waals surface area (Å²) in [5.74, 6) is 0.763. The van der Waals surface area contributed by atoms with Gasteiger partial charge in [0, 0.05) is 34.4 Å². The van der Waals surface area contributed by atoms with E-state index in [9.17, 15) is 8.42 Å². The lowest BCUT2D eigenvalue weighted by atomic mass is 9.91. The van der Waals surface area contributed by atoms with Crippen LogP contribution in [-0.4, -0.2) is 19.7 Å². The first-order valence-corrected chi connectivity index (χ1v) is 12.3. The van der Waals surface area contributed by atoms with Crippen LogP contribution in [0, 0.1) is 0 Å². The van der Waals surface area contributed by atoms with Gasteiger partial charge in [-0.3, -0.25) is 4.98 Å². The van der Waals surface area contributed by atoms with Crippen LogP contribution in [0.3, 0.4) is 0 Å². The predicted octanol–water partition coefficient (Wildman–Crippen LogP) is 6.59. The van der Waals surface area contributed by atoms with Crippen LogP contribution < -0.4 is 0 Å². The van der Waals surface area contributed by atoms with E-state index in [1.807, 2.05) is 78.9 Å². The molecule has 160 valence electrons. The van der Waals surface area contributed by atoms with Gasteiger partial charge in [-0.2, -0.15) is 0 Å². The highest BCUT2D eigenvalue weighted by molar-refractivity contribution is 7.91. The largest absolute Gasteiger partial charge is 0.456 e. The first-order chi connectivity index (χ1) is 15.3. The Balaban J connectivity index is 1.81. The second kappa shape index (κ2) is 7.31. The van der Waals surface area contributed by atoms with Crippen LogP contribution in [0.5, 0.6) is 0 Å². The molecular weight excluding hydrogens is 418 g/mol. The number of aromatic nitrogens is 1. The third-order valence-electron chi connectivity index (χ3n) is 6.24.